The van der Waals surface area contributed by atoms with E-state index in [0.717, 1.165) is 77.1 Å². The summed E-state index contributed by atoms with van der Waals surface area (Å²) in [5.74, 6) is 1.76. The van der Waals surface area contributed by atoms with Gasteiger partial charge in [-0.3, -0.25) is 14.6 Å². The van der Waals surface area contributed by atoms with E-state index in [4.69, 9.17) is 4.99 Å². The molecule has 2 amide bonds. The van der Waals surface area contributed by atoms with Crippen molar-refractivity contribution in [2.45, 2.75) is 70.8 Å². The molecule has 4 rings (SSSR count). The molecule has 1 aromatic heterocycles. The van der Waals surface area contributed by atoms with Crippen molar-refractivity contribution < 1.29 is 13.9 Å². The van der Waals surface area contributed by atoms with Crippen LogP contribution >= 0.6 is 0 Å². The summed E-state index contributed by atoms with van der Waals surface area (Å²) >= 11 is 0. The highest BCUT2D eigenvalue weighted by Gasteiger charge is 2.27. The maximum absolute atomic E-state index is 12.5. The van der Waals surface area contributed by atoms with Crippen LogP contribution in [0.3, 0.4) is 0 Å². The second kappa shape index (κ2) is 10.3. The minimum Gasteiger partial charge on any atom is -0.364 e. The van der Waals surface area contributed by atoms with Crippen LogP contribution in [0.2, 0.25) is 0 Å². The van der Waals surface area contributed by atoms with E-state index in [1.807, 2.05) is 11.1 Å². The molecule has 7 heteroatoms. The number of aliphatic imine (C=N–C) groups is 1. The van der Waals surface area contributed by atoms with Gasteiger partial charge in [0, 0.05) is 73.3 Å². The normalized spacial score (nSPS) is 24.6. The Morgan fingerprint density at radius 2 is 2.00 bits per heavy atom. The Bertz CT molecular complexity index is 810. The van der Waals surface area contributed by atoms with Crippen LogP contribution in [0.1, 0.15) is 73.8 Å². The van der Waals surface area contributed by atoms with Crippen molar-refractivity contribution in [3.05, 3.63) is 23.5 Å². The van der Waals surface area contributed by atoms with Gasteiger partial charge in [0.05, 0.1) is 0 Å². The number of piperidine rings is 2. The Balaban J connectivity index is 0.00000193. The van der Waals surface area contributed by atoms with Crippen LogP contribution in [0, 0.1) is 5.92 Å². The summed E-state index contributed by atoms with van der Waals surface area (Å²) in [4.78, 5) is 37.5. The number of rotatable bonds is 4. The molecule has 0 aliphatic carbocycles. The zero-order chi connectivity index (χ0) is 21.6. The van der Waals surface area contributed by atoms with Crippen molar-refractivity contribution in [3.63, 3.8) is 0 Å². The largest absolute Gasteiger partial charge is 0.364 e. The first-order chi connectivity index (χ1) is 15.1. The zero-order valence-electron chi connectivity index (χ0n) is 18.9. The van der Waals surface area contributed by atoms with Crippen molar-refractivity contribution >= 4 is 17.6 Å². The fourth-order valence-electron chi connectivity index (χ4n) is 5.01. The Kier molecular flexibility index (Phi) is 7.30. The number of nitrogens with one attached hydrogen (secondary N) is 2. The molecule has 176 valence electrons. The number of aryl methyl sites for hydroxylation is 1. The molecule has 3 aliphatic heterocycles. The fourth-order valence-corrected chi connectivity index (χ4v) is 5.01. The highest BCUT2D eigenvalue weighted by molar-refractivity contribution is 6.00. The lowest BCUT2D eigenvalue weighted by Gasteiger charge is -2.36. The zero-order valence-corrected chi connectivity index (χ0v) is 18.9. The number of carbonyl (C=O) groups is 2. The second-order valence-corrected chi connectivity index (χ2v) is 9.47. The molecule has 1 aromatic rings. The van der Waals surface area contributed by atoms with Gasteiger partial charge in [0.2, 0.25) is 11.8 Å². The highest BCUT2D eigenvalue weighted by atomic mass is 16.2. The Morgan fingerprint density at radius 3 is 2.84 bits per heavy atom. The van der Waals surface area contributed by atoms with E-state index in [2.05, 4.69) is 28.2 Å². The molecule has 0 saturated carbocycles. The summed E-state index contributed by atoms with van der Waals surface area (Å²) in [6.45, 7) is 6.56. The molecule has 4 heterocycles. The first-order valence-corrected chi connectivity index (χ1v) is 12.1. The number of hydrogen-bond donors (Lipinski definition) is 2. The van der Waals surface area contributed by atoms with Crippen LogP contribution in [-0.2, 0) is 16.0 Å². The first-order valence-electron chi connectivity index (χ1n) is 12.1. The minimum absolute atomic E-state index is 0. The van der Waals surface area contributed by atoms with Gasteiger partial charge in [0.25, 0.3) is 0 Å². The summed E-state index contributed by atoms with van der Waals surface area (Å²) in [5, 5.41) is 3.19. The number of carbonyl (C=O) groups excluding carboxylic acids is 2. The van der Waals surface area contributed by atoms with Gasteiger partial charge in [0.15, 0.2) is 0 Å². The minimum atomic E-state index is -0.00669. The highest BCUT2D eigenvalue weighted by Crippen LogP contribution is 2.22. The molecule has 2 N–H and O–H groups in total. The Morgan fingerprint density at radius 1 is 1.16 bits per heavy atom. The van der Waals surface area contributed by atoms with Gasteiger partial charge in [0.1, 0.15) is 5.84 Å². The molecule has 0 radical (unpaired) electrons. The summed E-state index contributed by atoms with van der Waals surface area (Å²) in [5.41, 5.74) is 2.48. The van der Waals surface area contributed by atoms with E-state index in [1.54, 1.807) is 0 Å². The molecule has 2 saturated heterocycles. The van der Waals surface area contributed by atoms with E-state index < -0.39 is 0 Å². The van der Waals surface area contributed by atoms with Gasteiger partial charge < -0.3 is 20.1 Å². The topological polar surface area (TPSA) is 80.8 Å². The average Bonchev–Trinajstić information content (AvgIpc) is 3.23. The van der Waals surface area contributed by atoms with E-state index >= 15 is 0 Å². The lowest BCUT2D eigenvalue weighted by atomic mass is 9.98. The SMILES string of the molecule is CC1CCc2[nH]ccc2C(N2CCCC(NC(=O)CCC(=O)N3CCCCC3)C2)=NC1.[HH].[HH].[HH]. The lowest BCUT2D eigenvalue weighted by Crippen LogP contribution is -2.50. The quantitative estimate of drug-likeness (QED) is 0.763. The third-order valence-corrected chi connectivity index (χ3v) is 6.87. The number of amidine groups is 1. The summed E-state index contributed by atoms with van der Waals surface area (Å²) in [6, 6.07) is 2.25. The van der Waals surface area contributed by atoms with Gasteiger partial charge >= 0.3 is 0 Å². The maximum Gasteiger partial charge on any atom is 0.223 e. The number of hydrogen-bond acceptors (Lipinski definition) is 4. The van der Waals surface area contributed by atoms with Crippen LogP contribution in [0.15, 0.2) is 17.3 Å². The first kappa shape index (κ1) is 21.9. The Hall–Kier alpha value is -2.31. The van der Waals surface area contributed by atoms with Crippen LogP contribution in [0.4, 0.5) is 0 Å². The van der Waals surface area contributed by atoms with Crippen molar-refractivity contribution in [2.75, 3.05) is 32.7 Å². The number of aromatic nitrogens is 1. The number of fused-ring (bicyclic) bond motifs is 1. The van der Waals surface area contributed by atoms with Crippen LogP contribution < -0.4 is 5.32 Å². The van der Waals surface area contributed by atoms with Crippen LogP contribution in [0.5, 0.6) is 0 Å². The number of H-pyrrole nitrogens is 1. The Labute approximate surface area is 190 Å². The smallest absolute Gasteiger partial charge is 0.223 e. The number of amides is 2. The number of aromatic amines is 1. The van der Waals surface area contributed by atoms with Crippen molar-refractivity contribution in [3.8, 4) is 0 Å². The summed E-state index contributed by atoms with van der Waals surface area (Å²) in [6.07, 6.45) is 10.2. The summed E-state index contributed by atoms with van der Waals surface area (Å²) < 4.78 is 0. The fraction of sp³-hybridized carbons (Fsp3) is 0.708. The molecule has 31 heavy (non-hydrogen) atoms. The predicted octanol–water partition coefficient (Wildman–Crippen LogP) is 3.45. The van der Waals surface area contributed by atoms with E-state index in [-0.39, 0.29) is 28.6 Å². The third kappa shape index (κ3) is 5.69. The molecule has 3 aliphatic rings. The molecule has 2 unspecified atom stereocenters. The molecule has 2 fully saturated rings. The third-order valence-electron chi connectivity index (χ3n) is 6.87. The number of nitrogens with zero attached hydrogens (tertiary/aromatic N) is 3. The molecular formula is C24H43N5O2. The van der Waals surface area contributed by atoms with Crippen LogP contribution in [0.25, 0.3) is 0 Å². The van der Waals surface area contributed by atoms with Crippen molar-refractivity contribution in [1.82, 2.24) is 20.1 Å². The molecular weight excluding hydrogens is 390 g/mol. The van der Waals surface area contributed by atoms with E-state index in [0.29, 0.717) is 12.3 Å². The van der Waals surface area contributed by atoms with Gasteiger partial charge in [-0.1, -0.05) is 6.92 Å². The van der Waals surface area contributed by atoms with Gasteiger partial charge in [-0.05, 0) is 56.9 Å². The molecule has 7 nitrogen and oxygen atoms in total. The number of likely N-dealkylation sites (tertiary alicyclic amines) is 2. The maximum atomic E-state index is 12.5. The molecule has 0 bridgehead atoms. The standard InChI is InChI=1S/C24H37N5O2.3H2/c1-18-7-8-21-20(11-12-25-21)24(26-16-18)29-15-5-6-19(17-29)27-22(30)9-10-23(31)28-13-3-2-4-14-28;;;/h11-12,18-19,25H,2-10,13-17H2,1H3,(H,27,30);3*1H. The van der Waals surface area contributed by atoms with Gasteiger partial charge in [-0.25, -0.2) is 0 Å². The predicted molar refractivity (Wildman–Crippen MR) is 128 cm³/mol. The molecule has 2 atom stereocenters. The van der Waals surface area contributed by atoms with E-state index in [1.165, 1.54) is 17.7 Å². The lowest BCUT2D eigenvalue weighted by molar-refractivity contribution is -0.134. The van der Waals surface area contributed by atoms with Crippen LogP contribution in [-0.4, -0.2) is 71.2 Å². The van der Waals surface area contributed by atoms with Gasteiger partial charge in [-0.2, -0.15) is 0 Å². The molecule has 0 spiro atoms. The summed E-state index contributed by atoms with van der Waals surface area (Å²) in [7, 11) is 0. The average molecular weight is 434 g/mol. The van der Waals surface area contributed by atoms with Crippen molar-refractivity contribution in [1.29, 1.82) is 0 Å². The van der Waals surface area contributed by atoms with E-state index in [9.17, 15) is 9.59 Å². The second-order valence-electron chi connectivity index (χ2n) is 9.47. The molecule has 0 aromatic carbocycles. The van der Waals surface area contributed by atoms with Crippen molar-refractivity contribution in [2.24, 2.45) is 10.9 Å². The monoisotopic (exact) mass is 433 g/mol. The van der Waals surface area contributed by atoms with Gasteiger partial charge in [-0.15, -0.1) is 0 Å².